The van der Waals surface area contributed by atoms with Crippen molar-refractivity contribution >= 4 is 39.1 Å². The van der Waals surface area contributed by atoms with Gasteiger partial charge in [0.25, 0.3) is 5.91 Å². The standard InChI is InChI=1S/C19H17ClN4O2S/c1-11-7-14(26-23-11)9-21-18(25)17-8-15-12(2)22-24(19(15)27-17)10-13-5-3-4-6-16(13)20/h3-8H,9-10H2,1-2H3,(H,21,25). The third kappa shape index (κ3) is 3.61. The lowest BCUT2D eigenvalue weighted by atomic mass is 10.2. The number of rotatable bonds is 5. The van der Waals surface area contributed by atoms with Gasteiger partial charge >= 0.3 is 0 Å². The Hall–Kier alpha value is -2.64. The molecule has 0 aliphatic carbocycles. The third-order valence-electron chi connectivity index (χ3n) is 4.21. The van der Waals surface area contributed by atoms with E-state index in [4.69, 9.17) is 16.1 Å². The van der Waals surface area contributed by atoms with Gasteiger partial charge in [0.1, 0.15) is 4.83 Å². The van der Waals surface area contributed by atoms with Crippen LogP contribution in [0.2, 0.25) is 5.02 Å². The summed E-state index contributed by atoms with van der Waals surface area (Å²) in [6, 6.07) is 11.4. The molecule has 0 atom stereocenters. The number of nitrogens with zero attached hydrogens (tertiary/aromatic N) is 3. The molecule has 4 rings (SSSR count). The van der Waals surface area contributed by atoms with Gasteiger partial charge in [0, 0.05) is 16.5 Å². The molecule has 0 aliphatic rings. The molecule has 3 heterocycles. The SMILES string of the molecule is Cc1cc(CNC(=O)c2cc3c(C)nn(Cc4ccccc4Cl)c3s2)on1. The van der Waals surface area contributed by atoms with E-state index in [-0.39, 0.29) is 5.91 Å². The van der Waals surface area contributed by atoms with Crippen molar-refractivity contribution in [2.75, 3.05) is 0 Å². The number of halogens is 1. The van der Waals surface area contributed by atoms with Crippen molar-refractivity contribution in [1.82, 2.24) is 20.3 Å². The number of hydrogen-bond acceptors (Lipinski definition) is 5. The zero-order valence-electron chi connectivity index (χ0n) is 14.8. The number of thiophene rings is 1. The van der Waals surface area contributed by atoms with Crippen molar-refractivity contribution in [2.24, 2.45) is 0 Å². The number of aryl methyl sites for hydroxylation is 2. The highest BCUT2D eigenvalue weighted by atomic mass is 35.5. The van der Waals surface area contributed by atoms with Crippen LogP contribution < -0.4 is 5.32 Å². The summed E-state index contributed by atoms with van der Waals surface area (Å²) in [7, 11) is 0. The Morgan fingerprint density at radius 2 is 2.11 bits per heavy atom. The predicted molar refractivity (Wildman–Crippen MR) is 105 cm³/mol. The molecule has 3 aromatic heterocycles. The normalized spacial score (nSPS) is 11.2. The van der Waals surface area contributed by atoms with E-state index in [9.17, 15) is 4.79 Å². The van der Waals surface area contributed by atoms with Gasteiger partial charge in [0.05, 0.1) is 29.4 Å². The van der Waals surface area contributed by atoms with E-state index in [0.29, 0.717) is 28.7 Å². The van der Waals surface area contributed by atoms with Gasteiger partial charge in [-0.05, 0) is 31.5 Å². The van der Waals surface area contributed by atoms with E-state index < -0.39 is 0 Å². The molecule has 1 aromatic carbocycles. The highest BCUT2D eigenvalue weighted by molar-refractivity contribution is 7.20. The summed E-state index contributed by atoms with van der Waals surface area (Å²) in [6.45, 7) is 4.65. The van der Waals surface area contributed by atoms with Gasteiger partial charge in [-0.3, -0.25) is 9.48 Å². The summed E-state index contributed by atoms with van der Waals surface area (Å²) in [6.07, 6.45) is 0. The second-order valence-electron chi connectivity index (χ2n) is 6.28. The van der Waals surface area contributed by atoms with Gasteiger partial charge in [-0.25, -0.2) is 0 Å². The van der Waals surface area contributed by atoms with Crippen molar-refractivity contribution in [2.45, 2.75) is 26.9 Å². The van der Waals surface area contributed by atoms with Crippen LogP contribution in [-0.2, 0) is 13.1 Å². The van der Waals surface area contributed by atoms with Crippen molar-refractivity contribution < 1.29 is 9.32 Å². The first kappa shape index (κ1) is 17.8. The van der Waals surface area contributed by atoms with Crippen LogP contribution in [0.15, 0.2) is 40.9 Å². The molecule has 4 aromatic rings. The molecule has 27 heavy (non-hydrogen) atoms. The Morgan fingerprint density at radius 3 is 2.85 bits per heavy atom. The molecule has 0 spiro atoms. The molecule has 6 nitrogen and oxygen atoms in total. The second kappa shape index (κ2) is 7.17. The zero-order chi connectivity index (χ0) is 19.0. The van der Waals surface area contributed by atoms with Crippen LogP contribution in [0.1, 0.15) is 32.4 Å². The highest BCUT2D eigenvalue weighted by Crippen LogP contribution is 2.29. The monoisotopic (exact) mass is 400 g/mol. The van der Waals surface area contributed by atoms with E-state index in [1.54, 1.807) is 6.07 Å². The molecule has 1 N–H and O–H groups in total. The second-order valence-corrected chi connectivity index (χ2v) is 7.72. The largest absolute Gasteiger partial charge is 0.359 e. The Bertz CT molecular complexity index is 1130. The molecule has 0 saturated carbocycles. The molecular weight excluding hydrogens is 384 g/mol. The number of carbonyl (C=O) groups is 1. The van der Waals surface area contributed by atoms with Crippen LogP contribution in [0, 0.1) is 13.8 Å². The van der Waals surface area contributed by atoms with Gasteiger partial charge < -0.3 is 9.84 Å². The van der Waals surface area contributed by atoms with Crippen LogP contribution in [0.3, 0.4) is 0 Å². The molecule has 0 radical (unpaired) electrons. The Balaban J connectivity index is 1.56. The molecule has 1 amide bonds. The van der Waals surface area contributed by atoms with Crippen molar-refractivity contribution in [1.29, 1.82) is 0 Å². The summed E-state index contributed by atoms with van der Waals surface area (Å²) in [4.78, 5) is 14.1. The minimum absolute atomic E-state index is 0.144. The fourth-order valence-corrected chi connectivity index (χ4v) is 4.15. The Morgan fingerprint density at radius 1 is 1.30 bits per heavy atom. The van der Waals surface area contributed by atoms with Crippen LogP contribution in [0.5, 0.6) is 0 Å². The first-order chi connectivity index (χ1) is 13.0. The molecule has 0 unspecified atom stereocenters. The molecule has 0 bridgehead atoms. The van der Waals surface area contributed by atoms with E-state index >= 15 is 0 Å². The molecule has 0 saturated heterocycles. The highest BCUT2D eigenvalue weighted by Gasteiger charge is 2.17. The number of hydrogen-bond donors (Lipinski definition) is 1. The Kier molecular flexibility index (Phi) is 4.72. The first-order valence-electron chi connectivity index (χ1n) is 8.42. The minimum Gasteiger partial charge on any atom is -0.359 e. The summed E-state index contributed by atoms with van der Waals surface area (Å²) >= 11 is 7.69. The maximum Gasteiger partial charge on any atom is 0.261 e. The predicted octanol–water partition coefficient (Wildman–Crippen LogP) is 4.33. The summed E-state index contributed by atoms with van der Waals surface area (Å²) in [5, 5.41) is 13.0. The number of benzene rings is 1. The molecule has 138 valence electrons. The number of fused-ring (bicyclic) bond motifs is 1. The van der Waals surface area contributed by atoms with Crippen LogP contribution in [-0.4, -0.2) is 20.8 Å². The van der Waals surface area contributed by atoms with E-state index in [1.165, 1.54) is 11.3 Å². The lowest BCUT2D eigenvalue weighted by molar-refractivity contribution is 0.0951. The van der Waals surface area contributed by atoms with Crippen molar-refractivity contribution in [3.8, 4) is 0 Å². The average molecular weight is 401 g/mol. The smallest absolute Gasteiger partial charge is 0.261 e. The molecular formula is C19H17ClN4O2S. The van der Waals surface area contributed by atoms with Gasteiger partial charge in [0.15, 0.2) is 5.76 Å². The maximum atomic E-state index is 12.5. The number of nitrogens with one attached hydrogen (secondary N) is 1. The lowest BCUT2D eigenvalue weighted by Crippen LogP contribution is -2.21. The third-order valence-corrected chi connectivity index (χ3v) is 5.72. The maximum absolute atomic E-state index is 12.5. The topological polar surface area (TPSA) is 73.0 Å². The van der Waals surface area contributed by atoms with Gasteiger partial charge in [0.2, 0.25) is 0 Å². The lowest BCUT2D eigenvalue weighted by Gasteiger charge is -2.05. The van der Waals surface area contributed by atoms with Crippen molar-refractivity contribution in [3.63, 3.8) is 0 Å². The average Bonchev–Trinajstić information content (AvgIpc) is 3.33. The number of aromatic nitrogens is 3. The number of carbonyl (C=O) groups excluding carboxylic acids is 1. The van der Waals surface area contributed by atoms with E-state index in [1.807, 2.05) is 48.9 Å². The molecule has 8 heteroatoms. The van der Waals surface area contributed by atoms with Gasteiger partial charge in [-0.15, -0.1) is 11.3 Å². The van der Waals surface area contributed by atoms with Crippen molar-refractivity contribution in [3.05, 3.63) is 69.0 Å². The summed E-state index contributed by atoms with van der Waals surface area (Å²) in [5.74, 6) is 0.483. The van der Waals surface area contributed by atoms with Gasteiger partial charge in [-0.1, -0.05) is 35.0 Å². The van der Waals surface area contributed by atoms with Gasteiger partial charge in [-0.2, -0.15) is 5.10 Å². The summed E-state index contributed by atoms with van der Waals surface area (Å²) in [5.41, 5.74) is 2.67. The number of amides is 1. The van der Waals surface area contributed by atoms with E-state index in [0.717, 1.165) is 27.2 Å². The van der Waals surface area contributed by atoms with Crippen LogP contribution >= 0.6 is 22.9 Å². The Labute approximate surface area is 164 Å². The molecule has 0 fully saturated rings. The quantitative estimate of drug-likeness (QED) is 0.541. The van der Waals surface area contributed by atoms with Crippen LogP contribution in [0.4, 0.5) is 0 Å². The van der Waals surface area contributed by atoms with E-state index in [2.05, 4.69) is 15.6 Å². The minimum atomic E-state index is -0.144. The summed E-state index contributed by atoms with van der Waals surface area (Å²) < 4.78 is 7.02. The first-order valence-corrected chi connectivity index (χ1v) is 9.61. The fraction of sp³-hybridized carbons (Fsp3) is 0.211. The zero-order valence-corrected chi connectivity index (χ0v) is 16.4. The van der Waals surface area contributed by atoms with Crippen LogP contribution in [0.25, 0.3) is 10.2 Å². The molecule has 0 aliphatic heterocycles. The fourth-order valence-electron chi connectivity index (χ4n) is 2.87.